The summed E-state index contributed by atoms with van der Waals surface area (Å²) in [5, 5.41) is 12.0. The first-order valence-corrected chi connectivity index (χ1v) is 8.68. The predicted molar refractivity (Wildman–Crippen MR) is 78.6 cm³/mol. The van der Waals surface area contributed by atoms with Gasteiger partial charge in [-0.05, 0) is 31.0 Å². The van der Waals surface area contributed by atoms with E-state index in [1.54, 1.807) is 12.1 Å². The van der Waals surface area contributed by atoms with Gasteiger partial charge in [0, 0.05) is 12.6 Å². The molecule has 1 aromatic carbocycles. The quantitative estimate of drug-likeness (QED) is 0.759. The molecule has 0 amide bonds. The largest absolute Gasteiger partial charge is 0.492 e. The number of nitrogens with one attached hydrogen (secondary N) is 1. The van der Waals surface area contributed by atoms with E-state index in [0.717, 1.165) is 6.42 Å². The highest BCUT2D eigenvalue weighted by atomic mass is 32.2. The molecule has 116 valence electrons. The zero-order valence-electron chi connectivity index (χ0n) is 11.6. The first-order chi connectivity index (χ1) is 9.96. The SMILES string of the molecule is O=C(O)c1cccc(OCCNC2CCCS(=O)(=O)C2)c1. The maximum Gasteiger partial charge on any atom is 0.335 e. The zero-order chi connectivity index (χ0) is 15.3. The summed E-state index contributed by atoms with van der Waals surface area (Å²) in [6, 6.07) is 6.27. The first kappa shape index (κ1) is 15.8. The molecule has 1 heterocycles. The van der Waals surface area contributed by atoms with Gasteiger partial charge in [0.15, 0.2) is 9.84 Å². The van der Waals surface area contributed by atoms with Crippen LogP contribution in [0.15, 0.2) is 24.3 Å². The Morgan fingerprint density at radius 1 is 1.43 bits per heavy atom. The molecule has 7 heteroatoms. The Bertz CT molecular complexity index is 599. The van der Waals surface area contributed by atoms with Gasteiger partial charge in [0.2, 0.25) is 0 Å². The van der Waals surface area contributed by atoms with E-state index in [1.165, 1.54) is 12.1 Å². The lowest BCUT2D eigenvalue weighted by atomic mass is 10.2. The summed E-state index contributed by atoms with van der Waals surface area (Å²) in [7, 11) is -2.90. The van der Waals surface area contributed by atoms with Gasteiger partial charge in [-0.1, -0.05) is 6.07 Å². The molecular weight excluding hydrogens is 294 g/mol. The Morgan fingerprint density at radius 2 is 2.24 bits per heavy atom. The van der Waals surface area contributed by atoms with E-state index in [0.29, 0.717) is 25.3 Å². The van der Waals surface area contributed by atoms with Crippen LogP contribution in [0.5, 0.6) is 5.75 Å². The third-order valence-corrected chi connectivity index (χ3v) is 5.17. The molecule has 6 nitrogen and oxygen atoms in total. The zero-order valence-corrected chi connectivity index (χ0v) is 12.4. The van der Waals surface area contributed by atoms with E-state index >= 15 is 0 Å². The molecule has 2 N–H and O–H groups in total. The fourth-order valence-electron chi connectivity index (χ4n) is 2.33. The van der Waals surface area contributed by atoms with Crippen molar-refractivity contribution in [2.24, 2.45) is 0 Å². The monoisotopic (exact) mass is 313 g/mol. The highest BCUT2D eigenvalue weighted by molar-refractivity contribution is 7.91. The van der Waals surface area contributed by atoms with Crippen LogP contribution in [0.1, 0.15) is 23.2 Å². The number of carboxylic acids is 1. The topological polar surface area (TPSA) is 92.7 Å². The summed E-state index contributed by atoms with van der Waals surface area (Å²) in [4.78, 5) is 10.8. The van der Waals surface area contributed by atoms with E-state index < -0.39 is 15.8 Å². The smallest absolute Gasteiger partial charge is 0.335 e. The van der Waals surface area contributed by atoms with Crippen LogP contribution in [0, 0.1) is 0 Å². The van der Waals surface area contributed by atoms with Crippen LogP contribution in [-0.2, 0) is 9.84 Å². The number of hydrogen-bond donors (Lipinski definition) is 2. The molecule has 1 saturated heterocycles. The average molecular weight is 313 g/mol. The summed E-state index contributed by atoms with van der Waals surface area (Å²) < 4.78 is 28.4. The standard InChI is InChI=1S/C14H19NO5S/c16-14(17)11-3-1-5-13(9-11)20-7-6-15-12-4-2-8-21(18,19)10-12/h1,3,5,9,12,15H,2,4,6-8,10H2,(H,16,17). The van der Waals surface area contributed by atoms with E-state index in [4.69, 9.17) is 9.84 Å². The van der Waals surface area contributed by atoms with Crippen LogP contribution in [-0.4, -0.2) is 50.2 Å². The van der Waals surface area contributed by atoms with Gasteiger partial charge in [-0.3, -0.25) is 0 Å². The van der Waals surface area contributed by atoms with Crippen molar-refractivity contribution in [3.63, 3.8) is 0 Å². The van der Waals surface area contributed by atoms with E-state index in [2.05, 4.69) is 5.32 Å². The maximum absolute atomic E-state index is 11.5. The van der Waals surface area contributed by atoms with Gasteiger partial charge in [0.1, 0.15) is 12.4 Å². The Morgan fingerprint density at radius 3 is 2.95 bits per heavy atom. The molecule has 21 heavy (non-hydrogen) atoms. The summed E-state index contributed by atoms with van der Waals surface area (Å²) >= 11 is 0. The van der Waals surface area contributed by atoms with Crippen LogP contribution in [0.3, 0.4) is 0 Å². The molecule has 0 saturated carbocycles. The van der Waals surface area contributed by atoms with Crippen molar-refractivity contribution in [3.8, 4) is 5.75 Å². The lowest BCUT2D eigenvalue weighted by Gasteiger charge is -2.23. The second-order valence-electron chi connectivity index (χ2n) is 5.09. The Balaban J connectivity index is 1.75. The molecule has 2 rings (SSSR count). The molecule has 0 radical (unpaired) electrons. The summed E-state index contributed by atoms with van der Waals surface area (Å²) in [6.45, 7) is 0.886. The number of carbonyl (C=O) groups is 1. The predicted octanol–water partition coefficient (Wildman–Crippen LogP) is 0.930. The summed E-state index contributed by atoms with van der Waals surface area (Å²) in [6.07, 6.45) is 1.55. The summed E-state index contributed by atoms with van der Waals surface area (Å²) in [5.74, 6) is -0.0375. The van der Waals surface area contributed by atoms with Crippen molar-refractivity contribution >= 4 is 15.8 Å². The van der Waals surface area contributed by atoms with Gasteiger partial charge in [0.25, 0.3) is 0 Å². The van der Waals surface area contributed by atoms with Gasteiger partial charge in [-0.15, -0.1) is 0 Å². The van der Waals surface area contributed by atoms with Crippen molar-refractivity contribution in [3.05, 3.63) is 29.8 Å². The van der Waals surface area contributed by atoms with Crippen molar-refractivity contribution < 1.29 is 23.1 Å². The van der Waals surface area contributed by atoms with Gasteiger partial charge in [-0.25, -0.2) is 13.2 Å². The van der Waals surface area contributed by atoms with Crippen molar-refractivity contribution in [2.45, 2.75) is 18.9 Å². The number of ether oxygens (including phenoxy) is 1. The van der Waals surface area contributed by atoms with Crippen molar-refractivity contribution in [1.29, 1.82) is 0 Å². The van der Waals surface area contributed by atoms with Crippen LogP contribution < -0.4 is 10.1 Å². The molecule has 1 aliphatic rings. The number of benzene rings is 1. The summed E-state index contributed by atoms with van der Waals surface area (Å²) in [5.41, 5.74) is 0.179. The molecule has 1 fully saturated rings. The second-order valence-corrected chi connectivity index (χ2v) is 7.32. The first-order valence-electron chi connectivity index (χ1n) is 6.86. The number of hydrogen-bond acceptors (Lipinski definition) is 5. The molecule has 1 unspecified atom stereocenters. The minimum absolute atomic E-state index is 0.0160. The van der Waals surface area contributed by atoms with Crippen LogP contribution in [0.2, 0.25) is 0 Å². The van der Waals surface area contributed by atoms with Gasteiger partial charge in [-0.2, -0.15) is 0 Å². The highest BCUT2D eigenvalue weighted by Crippen LogP contribution is 2.14. The molecular formula is C14H19NO5S. The van der Waals surface area contributed by atoms with Crippen LogP contribution in [0.25, 0.3) is 0 Å². The highest BCUT2D eigenvalue weighted by Gasteiger charge is 2.23. The lowest BCUT2D eigenvalue weighted by molar-refractivity contribution is 0.0696. The lowest BCUT2D eigenvalue weighted by Crippen LogP contribution is -2.41. The molecule has 0 spiro atoms. The van der Waals surface area contributed by atoms with Crippen LogP contribution >= 0.6 is 0 Å². The maximum atomic E-state index is 11.5. The second kappa shape index (κ2) is 6.91. The molecule has 0 aliphatic carbocycles. The third-order valence-electron chi connectivity index (χ3n) is 3.35. The van der Waals surface area contributed by atoms with Crippen LogP contribution in [0.4, 0.5) is 0 Å². The minimum atomic E-state index is -2.90. The molecule has 0 aromatic heterocycles. The molecule has 0 bridgehead atoms. The normalized spacial score (nSPS) is 20.9. The number of rotatable bonds is 6. The van der Waals surface area contributed by atoms with E-state index in [1.807, 2.05) is 0 Å². The van der Waals surface area contributed by atoms with Crippen molar-refractivity contribution in [2.75, 3.05) is 24.7 Å². The number of sulfone groups is 1. The fourth-order valence-corrected chi connectivity index (χ4v) is 4.01. The Kier molecular flexibility index (Phi) is 5.19. The Hall–Kier alpha value is -1.60. The number of carboxylic acid groups (broad SMARTS) is 1. The average Bonchev–Trinajstić information content (AvgIpc) is 2.43. The van der Waals surface area contributed by atoms with Crippen molar-refractivity contribution in [1.82, 2.24) is 5.32 Å². The number of aromatic carboxylic acids is 1. The minimum Gasteiger partial charge on any atom is -0.492 e. The molecule has 1 aromatic rings. The Labute approximate surface area is 124 Å². The van der Waals surface area contributed by atoms with Gasteiger partial charge in [0.05, 0.1) is 17.1 Å². The van der Waals surface area contributed by atoms with Gasteiger partial charge < -0.3 is 15.2 Å². The third kappa shape index (κ3) is 5.02. The molecule has 1 aliphatic heterocycles. The fraction of sp³-hybridized carbons (Fsp3) is 0.500. The van der Waals surface area contributed by atoms with E-state index in [-0.39, 0.29) is 23.1 Å². The van der Waals surface area contributed by atoms with E-state index in [9.17, 15) is 13.2 Å². The molecule has 1 atom stereocenters. The van der Waals surface area contributed by atoms with Gasteiger partial charge >= 0.3 is 5.97 Å².